The summed E-state index contributed by atoms with van der Waals surface area (Å²) in [5.41, 5.74) is 8.20. The van der Waals surface area contributed by atoms with Crippen LogP contribution in [0.2, 0.25) is 0 Å². The maximum absolute atomic E-state index is 6.23. The third-order valence-electron chi connectivity index (χ3n) is 3.01. The maximum Gasteiger partial charge on any atom is 0.116 e. The number of halogens is 1. The van der Waals surface area contributed by atoms with Crippen LogP contribution in [0.15, 0.2) is 52.4 Å². The van der Waals surface area contributed by atoms with Gasteiger partial charge in [0.2, 0.25) is 0 Å². The third kappa shape index (κ3) is 4.60. The van der Waals surface area contributed by atoms with E-state index in [4.69, 9.17) is 17.3 Å². The fourth-order valence-corrected chi connectivity index (χ4v) is 1.99. The van der Waals surface area contributed by atoms with Gasteiger partial charge < -0.3 is 11.1 Å². The van der Waals surface area contributed by atoms with Crippen molar-refractivity contribution in [1.82, 2.24) is 5.32 Å². The second-order valence-electron chi connectivity index (χ2n) is 4.58. The molecule has 0 aromatic heterocycles. The molecular weight excluding hydrogens is 258 g/mol. The van der Waals surface area contributed by atoms with Gasteiger partial charge in [0.15, 0.2) is 0 Å². The number of rotatable bonds is 7. The molecule has 1 aliphatic rings. The van der Waals surface area contributed by atoms with Gasteiger partial charge in [-0.05, 0) is 32.1 Å². The summed E-state index contributed by atoms with van der Waals surface area (Å²) in [4.78, 5) is 4.25. The minimum atomic E-state index is 0.233. The van der Waals surface area contributed by atoms with Crippen molar-refractivity contribution in [2.45, 2.75) is 26.2 Å². The zero-order chi connectivity index (χ0) is 14.4. The molecule has 4 heteroatoms. The highest BCUT2D eigenvalue weighted by Gasteiger charge is 2.24. The van der Waals surface area contributed by atoms with E-state index < -0.39 is 0 Å². The summed E-state index contributed by atoms with van der Waals surface area (Å²) in [6.45, 7) is 9.34. The zero-order valence-corrected chi connectivity index (χ0v) is 12.4. The lowest BCUT2D eigenvalue weighted by molar-refractivity contribution is 0.755. The molecule has 0 saturated heterocycles. The first-order valence-electron chi connectivity index (χ1n) is 6.42. The Kier molecular flexibility index (Phi) is 5.90. The van der Waals surface area contributed by atoms with Gasteiger partial charge in [-0.3, -0.25) is 0 Å². The molecule has 0 atom stereocenters. The van der Waals surface area contributed by atoms with Crippen LogP contribution in [0.4, 0.5) is 0 Å². The predicted octanol–water partition coefficient (Wildman–Crippen LogP) is 3.46. The van der Waals surface area contributed by atoms with Gasteiger partial charge in [0.1, 0.15) is 5.82 Å². The van der Waals surface area contributed by atoms with E-state index in [1.54, 1.807) is 12.2 Å². The second-order valence-corrected chi connectivity index (χ2v) is 4.99. The van der Waals surface area contributed by atoms with Gasteiger partial charge in [0, 0.05) is 18.3 Å². The molecule has 0 heterocycles. The Morgan fingerprint density at radius 3 is 2.53 bits per heavy atom. The Balaban J connectivity index is 3.23. The smallest absolute Gasteiger partial charge is 0.116 e. The third-order valence-corrected chi connectivity index (χ3v) is 3.41. The molecule has 19 heavy (non-hydrogen) atoms. The molecule has 0 amide bonds. The summed E-state index contributed by atoms with van der Waals surface area (Å²) >= 11 is 6.23. The number of aliphatic imine (C=N–C) groups is 1. The van der Waals surface area contributed by atoms with E-state index in [9.17, 15) is 0 Å². The number of hydrogen-bond acceptors (Lipinski definition) is 3. The van der Waals surface area contributed by atoms with Crippen LogP contribution in [0, 0.1) is 5.92 Å². The Bertz CT molecular complexity index is 454. The van der Waals surface area contributed by atoms with Crippen molar-refractivity contribution in [1.29, 1.82) is 0 Å². The average Bonchev–Trinajstić information content (AvgIpc) is 3.19. The lowest BCUT2D eigenvalue weighted by Crippen LogP contribution is -2.15. The molecule has 1 fully saturated rings. The maximum atomic E-state index is 6.23. The van der Waals surface area contributed by atoms with Crippen molar-refractivity contribution >= 4 is 17.3 Å². The average molecular weight is 280 g/mol. The summed E-state index contributed by atoms with van der Waals surface area (Å²) < 4.78 is 0. The molecule has 0 aliphatic heterocycles. The minimum absolute atomic E-state index is 0.233. The summed E-state index contributed by atoms with van der Waals surface area (Å²) in [7, 11) is 1.90. The Hall–Kier alpha value is -1.48. The molecule has 0 aromatic rings. The fourth-order valence-electron chi connectivity index (χ4n) is 1.84. The normalized spacial score (nSPS) is 17.8. The highest BCUT2D eigenvalue weighted by Crippen LogP contribution is 2.35. The number of nitrogens with zero attached hydrogens (tertiary/aromatic N) is 1. The predicted molar refractivity (Wildman–Crippen MR) is 84.0 cm³/mol. The first kappa shape index (κ1) is 15.6. The lowest BCUT2D eigenvalue weighted by atomic mass is 10.0. The van der Waals surface area contributed by atoms with Crippen molar-refractivity contribution in [3.8, 4) is 0 Å². The Morgan fingerprint density at radius 2 is 2.16 bits per heavy atom. The molecule has 0 radical (unpaired) electrons. The number of hydrogen-bond donors (Lipinski definition) is 2. The van der Waals surface area contributed by atoms with Crippen molar-refractivity contribution in [3.05, 3.63) is 47.4 Å². The summed E-state index contributed by atoms with van der Waals surface area (Å²) in [5.74, 6) is 0.986. The molecule has 0 bridgehead atoms. The van der Waals surface area contributed by atoms with Gasteiger partial charge in [0.05, 0.1) is 10.7 Å². The summed E-state index contributed by atoms with van der Waals surface area (Å²) in [6, 6.07) is 0. The summed E-state index contributed by atoms with van der Waals surface area (Å²) in [5, 5.41) is 3.77. The van der Waals surface area contributed by atoms with Crippen LogP contribution in [0.25, 0.3) is 0 Å². The lowest BCUT2D eigenvalue weighted by Gasteiger charge is -2.14. The number of nitrogens with two attached hydrogens (primary N) is 1. The molecule has 0 aromatic carbocycles. The van der Waals surface area contributed by atoms with Crippen LogP contribution in [-0.4, -0.2) is 12.8 Å². The van der Waals surface area contributed by atoms with E-state index in [0.29, 0.717) is 10.7 Å². The second kappa shape index (κ2) is 7.19. The largest absolute Gasteiger partial charge is 0.391 e. The van der Waals surface area contributed by atoms with E-state index in [1.807, 2.05) is 14.0 Å². The quantitative estimate of drug-likeness (QED) is 0.554. The SMILES string of the molecule is C=CC(/C(=N/C(=C)N)C(/Cl)=C\C)=C(/CC1CC1)NC. The van der Waals surface area contributed by atoms with Crippen LogP contribution in [-0.2, 0) is 0 Å². The van der Waals surface area contributed by atoms with E-state index >= 15 is 0 Å². The van der Waals surface area contributed by atoms with Crippen molar-refractivity contribution in [3.63, 3.8) is 0 Å². The minimum Gasteiger partial charge on any atom is -0.391 e. The molecule has 1 saturated carbocycles. The molecule has 104 valence electrons. The van der Waals surface area contributed by atoms with Gasteiger partial charge in [-0.1, -0.05) is 36.9 Å². The zero-order valence-electron chi connectivity index (χ0n) is 11.7. The van der Waals surface area contributed by atoms with Crippen molar-refractivity contribution < 1.29 is 0 Å². The standard InChI is InChI=1S/C15H22ClN3/c1-5-12(14(18-4)9-11-7-8-11)15(13(16)6-2)19-10(3)17/h5-6,11,18H,1,3,7-9,17H2,2,4H3/b13-6+,14-12+,19-15-. The monoisotopic (exact) mass is 279 g/mol. The topological polar surface area (TPSA) is 50.4 Å². The molecule has 0 unspecified atom stereocenters. The highest BCUT2D eigenvalue weighted by molar-refractivity contribution is 6.46. The molecule has 1 rings (SSSR count). The Morgan fingerprint density at radius 1 is 1.53 bits per heavy atom. The Labute approximate surface area is 120 Å². The number of nitrogens with one attached hydrogen (secondary N) is 1. The van der Waals surface area contributed by atoms with Gasteiger partial charge in [-0.2, -0.15) is 0 Å². The highest BCUT2D eigenvalue weighted by atomic mass is 35.5. The summed E-state index contributed by atoms with van der Waals surface area (Å²) in [6.07, 6.45) is 7.10. The van der Waals surface area contributed by atoms with Gasteiger partial charge in [0.25, 0.3) is 0 Å². The van der Waals surface area contributed by atoms with Gasteiger partial charge in [-0.25, -0.2) is 4.99 Å². The van der Waals surface area contributed by atoms with E-state index in [2.05, 4.69) is 23.5 Å². The van der Waals surface area contributed by atoms with Crippen molar-refractivity contribution in [2.24, 2.45) is 16.6 Å². The first-order chi connectivity index (χ1) is 9.03. The van der Waals surface area contributed by atoms with Crippen molar-refractivity contribution in [2.75, 3.05) is 7.05 Å². The molecular formula is C15H22ClN3. The molecule has 3 nitrogen and oxygen atoms in total. The first-order valence-corrected chi connectivity index (χ1v) is 6.80. The van der Waals surface area contributed by atoms with Crippen LogP contribution in [0.5, 0.6) is 0 Å². The van der Waals surface area contributed by atoms with Crippen LogP contribution < -0.4 is 11.1 Å². The molecule has 1 aliphatic carbocycles. The van der Waals surface area contributed by atoms with Crippen LogP contribution in [0.3, 0.4) is 0 Å². The van der Waals surface area contributed by atoms with E-state index in [-0.39, 0.29) is 5.82 Å². The van der Waals surface area contributed by atoms with E-state index in [0.717, 1.165) is 23.6 Å². The van der Waals surface area contributed by atoms with Crippen LogP contribution >= 0.6 is 11.6 Å². The van der Waals surface area contributed by atoms with E-state index in [1.165, 1.54) is 12.8 Å². The van der Waals surface area contributed by atoms with Gasteiger partial charge in [-0.15, -0.1) is 0 Å². The van der Waals surface area contributed by atoms with Gasteiger partial charge >= 0.3 is 0 Å². The molecule has 3 N–H and O–H groups in total. The van der Waals surface area contributed by atoms with Crippen LogP contribution in [0.1, 0.15) is 26.2 Å². The fraction of sp³-hybridized carbons (Fsp3) is 0.400. The molecule has 0 spiro atoms. The number of allylic oxidation sites excluding steroid dienone is 5.